The van der Waals surface area contributed by atoms with Crippen LogP contribution in [0, 0.1) is 6.92 Å². The van der Waals surface area contributed by atoms with E-state index in [9.17, 15) is 13.2 Å². The highest BCUT2D eigenvalue weighted by atomic mass is 32.2. The highest BCUT2D eigenvalue weighted by Crippen LogP contribution is 2.31. The average molecular weight is 435 g/mol. The number of benzene rings is 2. The molecule has 0 heterocycles. The van der Waals surface area contributed by atoms with Gasteiger partial charge in [-0.2, -0.15) is 0 Å². The van der Waals surface area contributed by atoms with E-state index < -0.39 is 15.9 Å². The van der Waals surface area contributed by atoms with Crippen LogP contribution in [0.2, 0.25) is 0 Å². The Kier molecular flexibility index (Phi) is 8.68. The van der Waals surface area contributed by atoms with Gasteiger partial charge in [0, 0.05) is 23.9 Å². The summed E-state index contributed by atoms with van der Waals surface area (Å²) in [5.41, 5.74) is 1.50. The lowest BCUT2D eigenvalue weighted by atomic mass is 10.1. The number of rotatable bonds is 11. The molecule has 0 saturated heterocycles. The van der Waals surface area contributed by atoms with Crippen molar-refractivity contribution in [3.63, 3.8) is 0 Å². The topological polar surface area (TPSA) is 93.7 Å². The fourth-order valence-corrected chi connectivity index (χ4v) is 3.79. The van der Waals surface area contributed by atoms with Crippen LogP contribution >= 0.6 is 0 Å². The first kappa shape index (κ1) is 23.7. The molecule has 0 aromatic heterocycles. The predicted octanol–water partition coefficient (Wildman–Crippen LogP) is 4.12. The highest BCUT2D eigenvalue weighted by molar-refractivity contribution is 7.89. The van der Waals surface area contributed by atoms with Gasteiger partial charge in [-0.05, 0) is 49.6 Å². The Bertz CT molecular complexity index is 973. The Balaban J connectivity index is 2.28. The summed E-state index contributed by atoms with van der Waals surface area (Å²) >= 11 is 0. The number of nitrogens with one attached hydrogen (secondary N) is 2. The van der Waals surface area contributed by atoms with E-state index in [0.29, 0.717) is 36.0 Å². The molecule has 2 aromatic rings. The van der Waals surface area contributed by atoms with Gasteiger partial charge in [-0.1, -0.05) is 26.8 Å². The van der Waals surface area contributed by atoms with Gasteiger partial charge in [-0.25, -0.2) is 13.1 Å². The lowest BCUT2D eigenvalue weighted by Crippen LogP contribution is -2.24. The molecule has 164 valence electrons. The van der Waals surface area contributed by atoms with E-state index in [4.69, 9.17) is 9.47 Å². The number of aryl methyl sites for hydroxylation is 1. The fourth-order valence-electron chi connectivity index (χ4n) is 2.73. The van der Waals surface area contributed by atoms with Crippen molar-refractivity contribution < 1.29 is 22.7 Å². The smallest absolute Gasteiger partial charge is 0.255 e. The van der Waals surface area contributed by atoms with Gasteiger partial charge < -0.3 is 14.8 Å². The molecular weight excluding hydrogens is 404 g/mol. The van der Waals surface area contributed by atoms with E-state index in [0.717, 1.165) is 12.8 Å². The predicted molar refractivity (Wildman–Crippen MR) is 118 cm³/mol. The van der Waals surface area contributed by atoms with Crippen molar-refractivity contribution in [1.29, 1.82) is 0 Å². The number of hydrogen-bond acceptors (Lipinski definition) is 5. The molecule has 30 heavy (non-hydrogen) atoms. The Morgan fingerprint density at radius 3 is 2.23 bits per heavy atom. The summed E-state index contributed by atoms with van der Waals surface area (Å²) in [6.45, 7) is 8.86. The Morgan fingerprint density at radius 2 is 1.60 bits per heavy atom. The van der Waals surface area contributed by atoms with Crippen molar-refractivity contribution in [2.24, 2.45) is 0 Å². The van der Waals surface area contributed by atoms with Crippen LogP contribution < -0.4 is 19.5 Å². The summed E-state index contributed by atoms with van der Waals surface area (Å²) in [4.78, 5) is 12.9. The summed E-state index contributed by atoms with van der Waals surface area (Å²) in [6, 6.07) is 9.70. The summed E-state index contributed by atoms with van der Waals surface area (Å²) in [7, 11) is -3.65. The third-order valence-corrected chi connectivity index (χ3v) is 5.77. The minimum atomic E-state index is -3.65. The summed E-state index contributed by atoms with van der Waals surface area (Å²) < 4.78 is 38.5. The third-order valence-electron chi connectivity index (χ3n) is 4.22. The van der Waals surface area contributed by atoms with Gasteiger partial charge in [0.05, 0.1) is 18.1 Å². The first-order valence-corrected chi connectivity index (χ1v) is 11.6. The van der Waals surface area contributed by atoms with E-state index in [-0.39, 0.29) is 17.0 Å². The highest BCUT2D eigenvalue weighted by Gasteiger charge is 2.18. The van der Waals surface area contributed by atoms with Crippen molar-refractivity contribution >= 4 is 21.6 Å². The zero-order valence-corrected chi connectivity index (χ0v) is 18.8. The number of amides is 1. The minimum Gasteiger partial charge on any atom is -0.490 e. The second-order valence-electron chi connectivity index (χ2n) is 6.79. The fraction of sp³-hybridized carbons (Fsp3) is 0.409. The maximum Gasteiger partial charge on any atom is 0.255 e. The van der Waals surface area contributed by atoms with E-state index in [2.05, 4.69) is 10.0 Å². The molecule has 2 rings (SSSR count). The number of carbonyl (C=O) groups is 1. The van der Waals surface area contributed by atoms with Crippen molar-refractivity contribution in [1.82, 2.24) is 4.72 Å². The SMILES string of the molecule is CCCOc1ccc(NC(=O)c2cc(S(=O)(=O)NCC)ccc2C)cc1OCCC. The van der Waals surface area contributed by atoms with Gasteiger partial charge in [-0.15, -0.1) is 0 Å². The van der Waals surface area contributed by atoms with Crippen LogP contribution in [0.5, 0.6) is 11.5 Å². The van der Waals surface area contributed by atoms with E-state index >= 15 is 0 Å². The first-order chi connectivity index (χ1) is 14.3. The first-order valence-electron chi connectivity index (χ1n) is 10.1. The van der Waals surface area contributed by atoms with Crippen LogP contribution in [0.3, 0.4) is 0 Å². The van der Waals surface area contributed by atoms with Gasteiger partial charge in [0.1, 0.15) is 0 Å². The van der Waals surface area contributed by atoms with E-state index in [1.54, 1.807) is 38.1 Å². The average Bonchev–Trinajstić information content (AvgIpc) is 2.71. The van der Waals surface area contributed by atoms with Crippen LogP contribution in [-0.4, -0.2) is 34.1 Å². The molecule has 0 fully saturated rings. The van der Waals surface area contributed by atoms with Gasteiger partial charge in [0.2, 0.25) is 10.0 Å². The Labute approximate surface area is 178 Å². The zero-order chi connectivity index (χ0) is 22.1. The van der Waals surface area contributed by atoms with Crippen LogP contribution in [0.15, 0.2) is 41.3 Å². The second kappa shape index (κ2) is 11.0. The number of ether oxygens (including phenoxy) is 2. The number of sulfonamides is 1. The largest absolute Gasteiger partial charge is 0.490 e. The van der Waals surface area contributed by atoms with Crippen LogP contribution in [-0.2, 0) is 10.0 Å². The molecule has 0 saturated carbocycles. The molecule has 1 amide bonds. The Hall–Kier alpha value is -2.58. The quantitative estimate of drug-likeness (QED) is 0.555. The molecule has 2 aromatic carbocycles. The Morgan fingerprint density at radius 1 is 0.933 bits per heavy atom. The number of carbonyl (C=O) groups excluding carboxylic acids is 1. The normalized spacial score (nSPS) is 11.2. The van der Waals surface area contributed by atoms with E-state index in [1.807, 2.05) is 13.8 Å². The zero-order valence-electron chi connectivity index (χ0n) is 17.9. The molecule has 8 heteroatoms. The van der Waals surface area contributed by atoms with Crippen molar-refractivity contribution in [2.45, 2.75) is 45.4 Å². The maximum absolute atomic E-state index is 12.9. The summed E-state index contributed by atoms with van der Waals surface area (Å²) in [5, 5.41) is 2.82. The molecule has 0 aliphatic carbocycles. The molecule has 0 unspecified atom stereocenters. The standard InChI is InChI=1S/C22H30N2O5S/c1-5-12-28-20-11-9-17(14-21(20)29-13-6-2)24-22(25)19-15-18(10-8-16(19)4)30(26,27)23-7-3/h8-11,14-15,23H,5-7,12-13H2,1-4H3,(H,24,25). The van der Waals surface area contributed by atoms with E-state index in [1.165, 1.54) is 12.1 Å². The molecular formula is C22H30N2O5S. The second-order valence-corrected chi connectivity index (χ2v) is 8.56. The molecule has 2 N–H and O–H groups in total. The molecule has 0 aliphatic rings. The lowest BCUT2D eigenvalue weighted by molar-refractivity contribution is 0.102. The summed E-state index contributed by atoms with van der Waals surface area (Å²) in [6.07, 6.45) is 1.72. The van der Waals surface area contributed by atoms with Crippen molar-refractivity contribution in [3.8, 4) is 11.5 Å². The van der Waals surface area contributed by atoms with Gasteiger partial charge in [-0.3, -0.25) is 4.79 Å². The molecule has 7 nitrogen and oxygen atoms in total. The van der Waals surface area contributed by atoms with Gasteiger partial charge >= 0.3 is 0 Å². The van der Waals surface area contributed by atoms with Crippen LogP contribution in [0.1, 0.15) is 49.5 Å². The maximum atomic E-state index is 12.9. The molecule has 0 aliphatic heterocycles. The molecule has 0 radical (unpaired) electrons. The number of anilines is 1. The van der Waals surface area contributed by atoms with Crippen molar-refractivity contribution in [2.75, 3.05) is 25.1 Å². The monoisotopic (exact) mass is 434 g/mol. The molecule has 0 bridgehead atoms. The third kappa shape index (κ3) is 6.21. The van der Waals surface area contributed by atoms with Crippen LogP contribution in [0.25, 0.3) is 0 Å². The summed E-state index contributed by atoms with van der Waals surface area (Å²) in [5.74, 6) is 0.784. The van der Waals surface area contributed by atoms with Crippen molar-refractivity contribution in [3.05, 3.63) is 47.5 Å². The van der Waals surface area contributed by atoms with Crippen LogP contribution in [0.4, 0.5) is 5.69 Å². The molecule has 0 spiro atoms. The van der Waals surface area contributed by atoms with Gasteiger partial charge in [0.25, 0.3) is 5.91 Å². The van der Waals surface area contributed by atoms with Gasteiger partial charge in [0.15, 0.2) is 11.5 Å². The number of hydrogen-bond donors (Lipinski definition) is 2. The lowest BCUT2D eigenvalue weighted by Gasteiger charge is -2.15. The minimum absolute atomic E-state index is 0.0513. The molecule has 0 atom stereocenters.